The molecular formula is C19H20Cl2FN2O+. The largest absolute Gasteiger partial charge is 0.348 e. The van der Waals surface area contributed by atoms with Crippen LogP contribution in [0.1, 0.15) is 43.0 Å². The number of carbonyl (C=O) groups is 1. The Balaban J connectivity index is 1.84. The van der Waals surface area contributed by atoms with Crippen LogP contribution >= 0.6 is 23.2 Å². The normalized spacial score (nSPS) is 16.3. The van der Waals surface area contributed by atoms with Crippen LogP contribution in [0.3, 0.4) is 0 Å². The predicted octanol–water partition coefficient (Wildman–Crippen LogP) is 3.78. The van der Waals surface area contributed by atoms with Crippen molar-refractivity contribution in [1.82, 2.24) is 5.32 Å². The summed E-state index contributed by atoms with van der Waals surface area (Å²) in [6.45, 7) is 1.90. The van der Waals surface area contributed by atoms with Crippen molar-refractivity contribution in [2.24, 2.45) is 0 Å². The quantitative estimate of drug-likeness (QED) is 0.734. The topological polar surface area (TPSA) is 45.7 Å². The molecule has 1 saturated carbocycles. The van der Waals surface area contributed by atoms with E-state index in [4.69, 9.17) is 23.2 Å². The Bertz CT molecular complexity index is 766. The van der Waals surface area contributed by atoms with E-state index in [0.717, 1.165) is 18.4 Å². The summed E-state index contributed by atoms with van der Waals surface area (Å²) in [5.41, 5.74) is 1.52. The zero-order valence-electron chi connectivity index (χ0n) is 13.8. The fourth-order valence-corrected chi connectivity index (χ4v) is 3.36. The molecule has 2 atom stereocenters. The van der Waals surface area contributed by atoms with E-state index < -0.39 is 11.9 Å². The third-order valence-electron chi connectivity index (χ3n) is 4.38. The van der Waals surface area contributed by atoms with Crippen molar-refractivity contribution in [3.8, 4) is 0 Å². The minimum atomic E-state index is -0.514. The zero-order chi connectivity index (χ0) is 18.0. The van der Waals surface area contributed by atoms with Crippen molar-refractivity contribution in [2.45, 2.75) is 37.9 Å². The van der Waals surface area contributed by atoms with E-state index in [-0.39, 0.29) is 23.0 Å². The average Bonchev–Trinajstić information content (AvgIpc) is 3.40. The number of nitrogens with two attached hydrogens (primary N) is 1. The standard InChI is InChI=1S/C19H19Cl2FN2O/c1-11(14-9-17(22)16(21)10-15(14)20)23-18(12-5-3-2-4-6-12)19(25)24-13-7-8-13/h2-6,9-11,13,18,23H,7-8H2,1H3,(H,24,25)/p+1/t11-,18-/m1/s1. The highest BCUT2D eigenvalue weighted by Gasteiger charge is 2.32. The number of carbonyl (C=O) groups excluding carboxylic acids is 1. The monoisotopic (exact) mass is 381 g/mol. The molecule has 0 aromatic heterocycles. The lowest BCUT2D eigenvalue weighted by atomic mass is 10.0. The van der Waals surface area contributed by atoms with Crippen LogP contribution < -0.4 is 10.6 Å². The minimum absolute atomic E-state index is 0.00737. The molecule has 132 valence electrons. The number of hydrogen-bond acceptors (Lipinski definition) is 1. The van der Waals surface area contributed by atoms with Gasteiger partial charge in [-0.15, -0.1) is 0 Å². The summed E-state index contributed by atoms with van der Waals surface area (Å²) in [5, 5.41) is 5.34. The molecule has 2 aromatic rings. The van der Waals surface area contributed by atoms with Gasteiger partial charge >= 0.3 is 0 Å². The Morgan fingerprint density at radius 2 is 1.88 bits per heavy atom. The van der Waals surface area contributed by atoms with Crippen molar-refractivity contribution in [2.75, 3.05) is 0 Å². The van der Waals surface area contributed by atoms with E-state index in [1.807, 2.05) is 42.6 Å². The first-order valence-electron chi connectivity index (χ1n) is 8.30. The van der Waals surface area contributed by atoms with Gasteiger partial charge in [-0.1, -0.05) is 53.5 Å². The number of quaternary nitrogens is 1. The number of rotatable bonds is 6. The van der Waals surface area contributed by atoms with E-state index in [0.29, 0.717) is 10.6 Å². The summed E-state index contributed by atoms with van der Waals surface area (Å²) >= 11 is 12.0. The molecule has 1 fully saturated rings. The van der Waals surface area contributed by atoms with Crippen LogP contribution in [0.4, 0.5) is 4.39 Å². The second-order valence-corrected chi connectivity index (χ2v) is 7.25. The summed E-state index contributed by atoms with van der Waals surface area (Å²) in [6.07, 6.45) is 2.05. The maximum Gasteiger partial charge on any atom is 0.283 e. The van der Waals surface area contributed by atoms with Crippen molar-refractivity contribution in [3.05, 3.63) is 69.5 Å². The fraction of sp³-hybridized carbons (Fsp3) is 0.316. The van der Waals surface area contributed by atoms with Gasteiger partial charge in [-0.2, -0.15) is 0 Å². The first-order valence-corrected chi connectivity index (χ1v) is 9.06. The molecule has 25 heavy (non-hydrogen) atoms. The lowest BCUT2D eigenvalue weighted by molar-refractivity contribution is -0.719. The van der Waals surface area contributed by atoms with Gasteiger partial charge in [0.1, 0.15) is 11.9 Å². The van der Waals surface area contributed by atoms with E-state index in [1.54, 1.807) is 0 Å². The van der Waals surface area contributed by atoms with Crippen molar-refractivity contribution < 1.29 is 14.5 Å². The molecule has 1 aliphatic rings. The average molecular weight is 382 g/mol. The van der Waals surface area contributed by atoms with Gasteiger partial charge in [0.15, 0.2) is 6.04 Å². The number of amides is 1. The van der Waals surface area contributed by atoms with Crippen molar-refractivity contribution >= 4 is 29.1 Å². The smallest absolute Gasteiger partial charge is 0.283 e. The molecule has 3 N–H and O–H groups in total. The van der Waals surface area contributed by atoms with E-state index in [1.165, 1.54) is 12.1 Å². The lowest BCUT2D eigenvalue weighted by Gasteiger charge is -2.21. The van der Waals surface area contributed by atoms with Crippen molar-refractivity contribution in [1.29, 1.82) is 0 Å². The summed E-state index contributed by atoms with van der Waals surface area (Å²) in [6, 6.07) is 11.9. The second-order valence-electron chi connectivity index (χ2n) is 6.44. The Morgan fingerprint density at radius 3 is 2.52 bits per heavy atom. The molecule has 2 aromatic carbocycles. The van der Waals surface area contributed by atoms with E-state index >= 15 is 0 Å². The number of halogens is 3. The van der Waals surface area contributed by atoms with Gasteiger partial charge in [-0.25, -0.2) is 4.39 Å². The van der Waals surface area contributed by atoms with Crippen LogP contribution in [0.25, 0.3) is 0 Å². The lowest BCUT2D eigenvalue weighted by Crippen LogP contribution is -2.88. The maximum atomic E-state index is 13.8. The summed E-state index contributed by atoms with van der Waals surface area (Å²) in [4.78, 5) is 12.7. The maximum absolute atomic E-state index is 13.8. The molecule has 1 aliphatic carbocycles. The summed E-state index contributed by atoms with van der Waals surface area (Å²) < 4.78 is 13.8. The molecule has 0 radical (unpaired) electrons. The van der Waals surface area contributed by atoms with E-state index in [2.05, 4.69) is 5.32 Å². The molecule has 6 heteroatoms. The predicted molar refractivity (Wildman–Crippen MR) is 97.1 cm³/mol. The minimum Gasteiger partial charge on any atom is -0.348 e. The Kier molecular flexibility index (Phi) is 5.62. The van der Waals surface area contributed by atoms with Gasteiger partial charge in [0.05, 0.1) is 10.0 Å². The third kappa shape index (κ3) is 4.51. The molecule has 0 heterocycles. The first-order chi connectivity index (χ1) is 12.0. The summed E-state index contributed by atoms with van der Waals surface area (Å²) in [5.74, 6) is -0.550. The Morgan fingerprint density at radius 1 is 1.20 bits per heavy atom. The molecular weight excluding hydrogens is 362 g/mol. The fourth-order valence-electron chi connectivity index (χ4n) is 2.81. The van der Waals surface area contributed by atoms with Crippen LogP contribution in [0, 0.1) is 5.82 Å². The second kappa shape index (κ2) is 7.73. The third-order valence-corrected chi connectivity index (χ3v) is 4.99. The zero-order valence-corrected chi connectivity index (χ0v) is 15.3. The highest BCUT2D eigenvalue weighted by atomic mass is 35.5. The van der Waals surface area contributed by atoms with Crippen LogP contribution in [0.2, 0.25) is 10.0 Å². The van der Waals surface area contributed by atoms with Gasteiger partial charge in [0.25, 0.3) is 5.91 Å². The number of nitrogens with one attached hydrogen (secondary N) is 1. The van der Waals surface area contributed by atoms with Gasteiger partial charge in [0, 0.05) is 17.2 Å². The highest BCUT2D eigenvalue weighted by molar-refractivity contribution is 6.35. The van der Waals surface area contributed by atoms with Crippen LogP contribution in [-0.2, 0) is 4.79 Å². The van der Waals surface area contributed by atoms with Gasteiger partial charge in [-0.3, -0.25) is 4.79 Å². The SMILES string of the molecule is C[C@@H]([NH2+][C@@H](C(=O)NC1CC1)c1ccccc1)c1cc(F)c(Cl)cc1Cl. The van der Waals surface area contributed by atoms with Crippen LogP contribution in [-0.4, -0.2) is 11.9 Å². The van der Waals surface area contributed by atoms with Gasteiger partial charge in [0.2, 0.25) is 0 Å². The molecule has 0 aliphatic heterocycles. The molecule has 0 saturated heterocycles. The number of benzene rings is 2. The van der Waals surface area contributed by atoms with Crippen LogP contribution in [0.15, 0.2) is 42.5 Å². The number of hydrogen-bond donors (Lipinski definition) is 2. The van der Waals surface area contributed by atoms with Crippen LogP contribution in [0.5, 0.6) is 0 Å². The van der Waals surface area contributed by atoms with E-state index in [9.17, 15) is 9.18 Å². The van der Waals surface area contributed by atoms with Gasteiger partial charge < -0.3 is 10.6 Å². The first kappa shape index (κ1) is 18.2. The molecule has 0 unspecified atom stereocenters. The Labute approximate surface area is 156 Å². The molecule has 3 nitrogen and oxygen atoms in total. The molecule has 0 bridgehead atoms. The molecule has 1 amide bonds. The van der Waals surface area contributed by atoms with Crippen molar-refractivity contribution in [3.63, 3.8) is 0 Å². The molecule has 3 rings (SSSR count). The highest BCUT2D eigenvalue weighted by Crippen LogP contribution is 2.28. The van der Waals surface area contributed by atoms with Gasteiger partial charge in [-0.05, 0) is 31.9 Å². The summed E-state index contributed by atoms with van der Waals surface area (Å²) in [7, 11) is 0. The Hall–Kier alpha value is -1.62. The molecule has 0 spiro atoms.